The van der Waals surface area contributed by atoms with Crippen LogP contribution in [0.4, 0.5) is 0 Å². The summed E-state index contributed by atoms with van der Waals surface area (Å²) in [6.45, 7) is 2.24. The summed E-state index contributed by atoms with van der Waals surface area (Å²) in [6.07, 6.45) is 0. The van der Waals surface area contributed by atoms with Crippen molar-refractivity contribution in [2.45, 2.75) is 19.6 Å². The molecule has 0 radical (unpaired) electrons. The second-order valence-electron chi connectivity index (χ2n) is 4.65. The van der Waals surface area contributed by atoms with E-state index >= 15 is 0 Å². The van der Waals surface area contributed by atoms with E-state index in [2.05, 4.69) is 46.7 Å². The molecule has 0 aromatic heterocycles. The van der Waals surface area contributed by atoms with E-state index in [1.165, 1.54) is 11.1 Å². The minimum absolute atomic E-state index is 0.124. The predicted octanol–water partition coefficient (Wildman–Crippen LogP) is 1.75. The van der Waals surface area contributed by atoms with Crippen molar-refractivity contribution in [1.29, 1.82) is 0 Å². The van der Waals surface area contributed by atoms with Crippen LogP contribution in [0, 0.1) is 0 Å². The van der Waals surface area contributed by atoms with Gasteiger partial charge in [0.2, 0.25) is 0 Å². The Hall–Kier alpha value is -2.33. The zero-order valence-corrected chi connectivity index (χ0v) is 11.4. The zero-order chi connectivity index (χ0) is 14.2. The molecule has 0 aliphatic rings. The molecular formula is C16H20N4. The van der Waals surface area contributed by atoms with Crippen molar-refractivity contribution < 1.29 is 0 Å². The molecule has 0 aliphatic heterocycles. The Morgan fingerprint density at radius 3 is 1.95 bits per heavy atom. The van der Waals surface area contributed by atoms with E-state index in [0.29, 0.717) is 6.54 Å². The summed E-state index contributed by atoms with van der Waals surface area (Å²) in [5.41, 5.74) is 14.3. The summed E-state index contributed by atoms with van der Waals surface area (Å²) in [5, 5.41) is 3.42. The first-order chi connectivity index (χ1) is 9.74. The lowest BCUT2D eigenvalue weighted by Gasteiger charge is -2.06. The molecule has 2 aromatic rings. The fourth-order valence-electron chi connectivity index (χ4n) is 1.89. The molecular weight excluding hydrogens is 248 g/mol. The van der Waals surface area contributed by atoms with Gasteiger partial charge in [0.05, 0.1) is 6.54 Å². The number of guanidine groups is 1. The maximum atomic E-state index is 5.31. The minimum Gasteiger partial charge on any atom is -0.370 e. The maximum absolute atomic E-state index is 5.31. The van der Waals surface area contributed by atoms with Gasteiger partial charge in [-0.25, -0.2) is 4.99 Å². The maximum Gasteiger partial charge on any atom is 0.186 e. The number of rotatable bonds is 6. The summed E-state index contributed by atoms with van der Waals surface area (Å²) in [5.74, 6) is 0.124. The minimum atomic E-state index is 0.124. The van der Waals surface area contributed by atoms with Gasteiger partial charge >= 0.3 is 0 Å². The fraction of sp³-hybridized carbons (Fsp3) is 0.188. The number of nitrogens with one attached hydrogen (secondary N) is 1. The number of aliphatic imine (C=N–C) groups is 1. The molecule has 104 valence electrons. The molecule has 0 unspecified atom stereocenters. The lowest BCUT2D eigenvalue weighted by molar-refractivity contribution is 0.693. The van der Waals surface area contributed by atoms with Crippen LogP contribution in [0.5, 0.6) is 0 Å². The molecule has 4 nitrogen and oxygen atoms in total. The highest BCUT2D eigenvalue weighted by molar-refractivity contribution is 5.75. The van der Waals surface area contributed by atoms with Crippen LogP contribution in [0.3, 0.4) is 0 Å². The first-order valence-electron chi connectivity index (χ1n) is 6.62. The Balaban J connectivity index is 1.80. The molecule has 0 spiro atoms. The second-order valence-corrected chi connectivity index (χ2v) is 4.65. The summed E-state index contributed by atoms with van der Waals surface area (Å²) in [4.78, 5) is 3.98. The number of benzene rings is 2. The van der Waals surface area contributed by atoms with Crippen LogP contribution in [-0.4, -0.2) is 5.96 Å². The molecule has 4 heteroatoms. The van der Waals surface area contributed by atoms with Crippen LogP contribution >= 0.6 is 0 Å². The van der Waals surface area contributed by atoms with Crippen molar-refractivity contribution in [2.24, 2.45) is 16.5 Å². The average molecular weight is 268 g/mol. The van der Waals surface area contributed by atoms with Gasteiger partial charge in [-0.1, -0.05) is 54.6 Å². The molecule has 0 heterocycles. The topological polar surface area (TPSA) is 76.4 Å². The molecule has 0 saturated carbocycles. The van der Waals surface area contributed by atoms with E-state index in [4.69, 9.17) is 11.5 Å². The molecule has 2 aromatic carbocycles. The summed E-state index contributed by atoms with van der Waals surface area (Å²) in [6, 6.07) is 18.6. The summed E-state index contributed by atoms with van der Waals surface area (Å²) >= 11 is 0. The van der Waals surface area contributed by atoms with E-state index < -0.39 is 0 Å². The molecule has 0 saturated heterocycles. The Labute approximate surface area is 119 Å². The van der Waals surface area contributed by atoms with Crippen LogP contribution in [0.2, 0.25) is 0 Å². The molecule has 2 rings (SSSR count). The number of nitrogens with two attached hydrogens (primary N) is 2. The van der Waals surface area contributed by atoms with Crippen LogP contribution in [0.1, 0.15) is 16.7 Å². The molecule has 0 fully saturated rings. The first-order valence-corrected chi connectivity index (χ1v) is 6.62. The molecule has 0 bridgehead atoms. The number of hydrogen-bond acceptors (Lipinski definition) is 2. The second kappa shape index (κ2) is 7.31. The SMILES string of the molecule is NC(N)=NCc1ccc(CNCc2ccccc2)cc1. The van der Waals surface area contributed by atoms with Crippen LogP contribution in [0.15, 0.2) is 59.6 Å². The van der Waals surface area contributed by atoms with Crippen molar-refractivity contribution in [3.63, 3.8) is 0 Å². The Morgan fingerprint density at radius 1 is 0.800 bits per heavy atom. The lowest BCUT2D eigenvalue weighted by atomic mass is 10.1. The van der Waals surface area contributed by atoms with Gasteiger partial charge in [-0.3, -0.25) is 0 Å². The fourth-order valence-corrected chi connectivity index (χ4v) is 1.89. The van der Waals surface area contributed by atoms with Gasteiger partial charge in [0.1, 0.15) is 0 Å². The standard InChI is InChI=1S/C16H20N4/c17-16(18)20-12-15-8-6-14(7-9-15)11-19-10-13-4-2-1-3-5-13/h1-9,19H,10-12H2,(H4,17,18,20). The van der Waals surface area contributed by atoms with Gasteiger partial charge in [-0.05, 0) is 16.7 Å². The monoisotopic (exact) mass is 268 g/mol. The molecule has 5 N–H and O–H groups in total. The predicted molar refractivity (Wildman–Crippen MR) is 82.9 cm³/mol. The van der Waals surface area contributed by atoms with Crippen molar-refractivity contribution >= 4 is 5.96 Å². The largest absolute Gasteiger partial charge is 0.370 e. The normalized spacial score (nSPS) is 10.2. The molecule has 0 atom stereocenters. The van der Waals surface area contributed by atoms with E-state index in [1.807, 2.05) is 18.2 Å². The van der Waals surface area contributed by atoms with Gasteiger partial charge in [-0.2, -0.15) is 0 Å². The van der Waals surface area contributed by atoms with E-state index in [-0.39, 0.29) is 5.96 Å². The van der Waals surface area contributed by atoms with Crippen molar-refractivity contribution in [3.05, 3.63) is 71.3 Å². The summed E-state index contributed by atoms with van der Waals surface area (Å²) < 4.78 is 0. The van der Waals surface area contributed by atoms with Crippen molar-refractivity contribution in [2.75, 3.05) is 0 Å². The smallest absolute Gasteiger partial charge is 0.186 e. The van der Waals surface area contributed by atoms with E-state index in [9.17, 15) is 0 Å². The third-order valence-electron chi connectivity index (χ3n) is 2.97. The highest BCUT2D eigenvalue weighted by Crippen LogP contribution is 2.06. The Bertz CT molecular complexity index is 542. The third kappa shape index (κ3) is 4.74. The number of nitrogens with zero attached hydrogens (tertiary/aromatic N) is 1. The molecule has 0 amide bonds. The van der Waals surface area contributed by atoms with Gasteiger partial charge in [-0.15, -0.1) is 0 Å². The lowest BCUT2D eigenvalue weighted by Crippen LogP contribution is -2.22. The third-order valence-corrected chi connectivity index (χ3v) is 2.97. The molecule has 20 heavy (non-hydrogen) atoms. The van der Waals surface area contributed by atoms with E-state index in [0.717, 1.165) is 18.7 Å². The van der Waals surface area contributed by atoms with Crippen LogP contribution in [0.25, 0.3) is 0 Å². The van der Waals surface area contributed by atoms with Crippen molar-refractivity contribution in [1.82, 2.24) is 5.32 Å². The first kappa shape index (κ1) is 14.1. The highest BCUT2D eigenvalue weighted by atomic mass is 15.0. The van der Waals surface area contributed by atoms with Gasteiger partial charge in [0.25, 0.3) is 0 Å². The van der Waals surface area contributed by atoms with Crippen LogP contribution < -0.4 is 16.8 Å². The summed E-state index contributed by atoms with van der Waals surface area (Å²) in [7, 11) is 0. The number of hydrogen-bond donors (Lipinski definition) is 3. The highest BCUT2D eigenvalue weighted by Gasteiger charge is 1.95. The van der Waals surface area contributed by atoms with Crippen molar-refractivity contribution in [3.8, 4) is 0 Å². The zero-order valence-electron chi connectivity index (χ0n) is 11.4. The quantitative estimate of drug-likeness (QED) is 0.552. The van der Waals surface area contributed by atoms with Gasteiger partial charge in [0, 0.05) is 13.1 Å². The van der Waals surface area contributed by atoms with Gasteiger partial charge < -0.3 is 16.8 Å². The van der Waals surface area contributed by atoms with E-state index in [1.54, 1.807) is 0 Å². The Morgan fingerprint density at radius 2 is 1.35 bits per heavy atom. The Kier molecular flexibility index (Phi) is 5.15. The van der Waals surface area contributed by atoms with Gasteiger partial charge in [0.15, 0.2) is 5.96 Å². The van der Waals surface area contributed by atoms with Crippen LogP contribution in [-0.2, 0) is 19.6 Å². The average Bonchev–Trinajstić information content (AvgIpc) is 2.47. The molecule has 0 aliphatic carbocycles.